The van der Waals surface area contributed by atoms with Crippen molar-refractivity contribution in [2.24, 2.45) is 0 Å². The van der Waals surface area contributed by atoms with Crippen LogP contribution in [0.2, 0.25) is 0 Å². The minimum absolute atomic E-state index is 0.0749. The third kappa shape index (κ3) is 9.55. The van der Waals surface area contributed by atoms with Crippen LogP contribution in [-0.4, -0.2) is 95.5 Å². The number of ether oxygens (including phenoxy) is 2. The number of imide groups is 2. The third-order valence-corrected chi connectivity index (χ3v) is 4.64. The van der Waals surface area contributed by atoms with Crippen molar-refractivity contribution < 1.29 is 43.7 Å². The number of rotatable bonds is 11. The first-order valence-corrected chi connectivity index (χ1v) is 10.8. The van der Waals surface area contributed by atoms with Gasteiger partial charge in [0.15, 0.2) is 0 Å². The SMILES string of the molecule is C=CCN(C(C)=O)C(=O)N(C)C(=O)NCC(O)COC(=O)c1ccc(C(=O)OCC(O)CC)cc1. The maximum atomic E-state index is 12.2. The Kier molecular flexibility index (Phi) is 12.1. The summed E-state index contributed by atoms with van der Waals surface area (Å²) in [5.74, 6) is -1.99. The zero-order valence-electron chi connectivity index (χ0n) is 19.9. The van der Waals surface area contributed by atoms with Crippen molar-refractivity contribution in [1.82, 2.24) is 15.1 Å². The topological polar surface area (TPSA) is 163 Å². The molecule has 0 aliphatic carbocycles. The summed E-state index contributed by atoms with van der Waals surface area (Å²) in [4.78, 5) is 61.4. The van der Waals surface area contributed by atoms with Gasteiger partial charge >= 0.3 is 24.0 Å². The van der Waals surface area contributed by atoms with Gasteiger partial charge in [0, 0.05) is 27.1 Å². The Hall–Kier alpha value is -3.77. The van der Waals surface area contributed by atoms with Gasteiger partial charge in [-0.05, 0) is 30.7 Å². The van der Waals surface area contributed by atoms with Crippen molar-refractivity contribution >= 4 is 29.9 Å². The molecule has 0 bridgehead atoms. The zero-order chi connectivity index (χ0) is 26.5. The molecule has 1 aromatic carbocycles. The minimum Gasteiger partial charge on any atom is -0.459 e. The van der Waals surface area contributed by atoms with Crippen molar-refractivity contribution in [3.8, 4) is 0 Å². The normalized spacial score (nSPS) is 12.0. The van der Waals surface area contributed by atoms with E-state index < -0.39 is 48.7 Å². The number of aliphatic hydroxyl groups is 2. The fourth-order valence-electron chi connectivity index (χ4n) is 2.49. The van der Waals surface area contributed by atoms with Crippen LogP contribution in [0.1, 0.15) is 41.0 Å². The number of aliphatic hydroxyl groups excluding tert-OH is 2. The fourth-order valence-corrected chi connectivity index (χ4v) is 2.49. The lowest BCUT2D eigenvalue weighted by atomic mass is 10.1. The van der Waals surface area contributed by atoms with Gasteiger partial charge in [-0.25, -0.2) is 24.1 Å². The first-order chi connectivity index (χ1) is 16.5. The quantitative estimate of drug-likeness (QED) is 0.300. The Morgan fingerprint density at radius 3 is 1.91 bits per heavy atom. The Bertz CT molecular complexity index is 917. The van der Waals surface area contributed by atoms with Crippen LogP contribution in [0.4, 0.5) is 9.59 Å². The van der Waals surface area contributed by atoms with Gasteiger partial charge in [-0.15, -0.1) is 6.58 Å². The summed E-state index contributed by atoms with van der Waals surface area (Å²) < 4.78 is 9.95. The molecule has 0 saturated heterocycles. The molecule has 5 amide bonds. The van der Waals surface area contributed by atoms with Gasteiger partial charge in [0.2, 0.25) is 5.91 Å². The Morgan fingerprint density at radius 2 is 1.49 bits per heavy atom. The average molecular weight is 494 g/mol. The molecule has 0 aliphatic rings. The summed E-state index contributed by atoms with van der Waals surface area (Å²) in [6, 6.07) is 3.66. The number of amides is 5. The Morgan fingerprint density at radius 1 is 1.00 bits per heavy atom. The van der Waals surface area contributed by atoms with Crippen molar-refractivity contribution in [1.29, 1.82) is 0 Å². The maximum Gasteiger partial charge on any atom is 0.338 e. The number of hydrogen-bond acceptors (Lipinski definition) is 9. The molecule has 2 unspecified atom stereocenters. The molecule has 12 heteroatoms. The summed E-state index contributed by atoms with van der Waals surface area (Å²) in [6.07, 6.45) is -0.252. The van der Waals surface area contributed by atoms with Gasteiger partial charge in [-0.1, -0.05) is 13.0 Å². The lowest BCUT2D eigenvalue weighted by Gasteiger charge is -2.24. The molecule has 192 valence electrons. The number of esters is 2. The van der Waals surface area contributed by atoms with E-state index in [1.807, 2.05) is 0 Å². The van der Waals surface area contributed by atoms with Crippen LogP contribution in [-0.2, 0) is 14.3 Å². The molecule has 1 rings (SSSR count). The maximum absolute atomic E-state index is 12.2. The Balaban J connectivity index is 2.50. The first kappa shape index (κ1) is 29.3. The monoisotopic (exact) mass is 493 g/mol. The second-order valence-electron chi connectivity index (χ2n) is 7.44. The molecule has 3 N–H and O–H groups in total. The molecule has 0 aromatic heterocycles. The molecule has 0 heterocycles. The highest BCUT2D eigenvalue weighted by atomic mass is 16.5. The smallest absolute Gasteiger partial charge is 0.338 e. The molecule has 12 nitrogen and oxygen atoms in total. The van der Waals surface area contributed by atoms with Crippen LogP contribution in [0.15, 0.2) is 36.9 Å². The predicted molar refractivity (Wildman–Crippen MR) is 123 cm³/mol. The van der Waals surface area contributed by atoms with Gasteiger partial charge < -0.3 is 25.0 Å². The van der Waals surface area contributed by atoms with Crippen molar-refractivity contribution in [2.45, 2.75) is 32.5 Å². The number of hydrogen-bond donors (Lipinski definition) is 3. The van der Waals surface area contributed by atoms with Crippen LogP contribution < -0.4 is 5.32 Å². The van der Waals surface area contributed by atoms with Crippen LogP contribution in [0.3, 0.4) is 0 Å². The number of carbonyl (C=O) groups excluding carboxylic acids is 5. The molecule has 0 radical (unpaired) electrons. The number of benzene rings is 1. The van der Waals surface area contributed by atoms with E-state index >= 15 is 0 Å². The van der Waals surface area contributed by atoms with Crippen molar-refractivity contribution in [2.75, 3.05) is 33.4 Å². The standard InChI is InChI=1S/C23H31N3O9/c1-5-11-26(15(3)27)23(33)25(4)22(32)24-12-19(29)14-35-21(31)17-9-7-16(8-10-17)20(30)34-13-18(28)6-2/h5,7-10,18-19,28-29H,1,6,11-14H2,2-4H3,(H,24,32). The van der Waals surface area contributed by atoms with Gasteiger partial charge in [0.1, 0.15) is 19.3 Å². The number of urea groups is 2. The van der Waals surface area contributed by atoms with Crippen LogP contribution >= 0.6 is 0 Å². The zero-order valence-corrected chi connectivity index (χ0v) is 19.9. The van der Waals surface area contributed by atoms with E-state index in [4.69, 9.17) is 9.47 Å². The summed E-state index contributed by atoms with van der Waals surface area (Å²) in [5.41, 5.74) is 0.297. The van der Waals surface area contributed by atoms with Crippen LogP contribution in [0, 0.1) is 0 Å². The molecule has 2 atom stereocenters. The van der Waals surface area contributed by atoms with Crippen LogP contribution in [0.5, 0.6) is 0 Å². The van der Waals surface area contributed by atoms with E-state index in [2.05, 4.69) is 11.9 Å². The van der Waals surface area contributed by atoms with E-state index in [1.54, 1.807) is 6.92 Å². The predicted octanol–water partition coefficient (Wildman–Crippen LogP) is 0.928. The minimum atomic E-state index is -1.28. The number of nitrogens with one attached hydrogen (secondary N) is 1. The van der Waals surface area contributed by atoms with E-state index in [9.17, 15) is 34.2 Å². The summed E-state index contributed by atoms with van der Waals surface area (Å²) in [6.45, 7) is 5.36. The van der Waals surface area contributed by atoms with Gasteiger partial charge in [0.25, 0.3) is 0 Å². The average Bonchev–Trinajstić information content (AvgIpc) is 2.86. The molecule has 1 aromatic rings. The second-order valence-corrected chi connectivity index (χ2v) is 7.44. The fraction of sp³-hybridized carbons (Fsp3) is 0.435. The number of carbonyl (C=O) groups is 5. The molecule has 0 aliphatic heterocycles. The van der Waals surface area contributed by atoms with Crippen molar-refractivity contribution in [3.63, 3.8) is 0 Å². The van der Waals surface area contributed by atoms with Crippen molar-refractivity contribution in [3.05, 3.63) is 48.0 Å². The van der Waals surface area contributed by atoms with Gasteiger partial charge in [-0.3, -0.25) is 9.69 Å². The molecule has 0 spiro atoms. The lowest BCUT2D eigenvalue weighted by molar-refractivity contribution is -0.125. The molecule has 0 saturated carbocycles. The largest absolute Gasteiger partial charge is 0.459 e. The summed E-state index contributed by atoms with van der Waals surface area (Å²) in [7, 11) is 1.16. The van der Waals surface area contributed by atoms with E-state index in [0.29, 0.717) is 11.3 Å². The van der Waals surface area contributed by atoms with E-state index in [0.717, 1.165) is 11.9 Å². The highest BCUT2D eigenvalue weighted by Gasteiger charge is 2.25. The van der Waals surface area contributed by atoms with Gasteiger partial charge in [-0.2, -0.15) is 0 Å². The van der Waals surface area contributed by atoms with Gasteiger partial charge in [0.05, 0.1) is 17.2 Å². The van der Waals surface area contributed by atoms with E-state index in [-0.39, 0.29) is 30.8 Å². The first-order valence-electron chi connectivity index (χ1n) is 10.8. The second kappa shape index (κ2) is 14.5. The van der Waals surface area contributed by atoms with Crippen LogP contribution in [0.25, 0.3) is 0 Å². The number of nitrogens with zero attached hydrogens (tertiary/aromatic N) is 2. The highest BCUT2D eigenvalue weighted by Crippen LogP contribution is 2.08. The molecular formula is C23H31N3O9. The Labute approximate surface area is 203 Å². The summed E-state index contributed by atoms with van der Waals surface area (Å²) >= 11 is 0. The molecular weight excluding hydrogens is 462 g/mol. The molecule has 35 heavy (non-hydrogen) atoms. The third-order valence-electron chi connectivity index (χ3n) is 4.64. The lowest BCUT2D eigenvalue weighted by Crippen LogP contribution is -2.50. The van der Waals surface area contributed by atoms with E-state index in [1.165, 1.54) is 37.3 Å². The summed E-state index contributed by atoms with van der Waals surface area (Å²) in [5, 5.41) is 21.7. The molecule has 0 fully saturated rings. The highest BCUT2D eigenvalue weighted by molar-refractivity contribution is 6.01.